The standard InChI is InChI=1S/C15H25FN4/c1-4-17-9-12-8-13(16)10-18-15(12)20(3)14-6-5-7-19(2)11-14/h8,10,14,17H,4-7,9,11H2,1-3H3. The SMILES string of the molecule is CCNCc1cc(F)cnc1N(C)C1CCCN(C)C1. The molecule has 20 heavy (non-hydrogen) atoms. The lowest BCUT2D eigenvalue weighted by atomic mass is 10.0. The molecule has 0 amide bonds. The van der Waals surface area contributed by atoms with Crippen LogP contribution in [0, 0.1) is 5.82 Å². The van der Waals surface area contributed by atoms with Crippen LogP contribution in [-0.2, 0) is 6.54 Å². The van der Waals surface area contributed by atoms with Gasteiger partial charge in [-0.3, -0.25) is 0 Å². The Labute approximate surface area is 121 Å². The first-order valence-corrected chi connectivity index (χ1v) is 7.38. The summed E-state index contributed by atoms with van der Waals surface area (Å²) < 4.78 is 13.4. The number of rotatable bonds is 5. The molecule has 0 aromatic carbocycles. The molecule has 1 fully saturated rings. The van der Waals surface area contributed by atoms with Crippen LogP contribution in [0.4, 0.5) is 10.2 Å². The maximum atomic E-state index is 13.4. The van der Waals surface area contributed by atoms with Gasteiger partial charge in [0.1, 0.15) is 11.6 Å². The zero-order valence-electron chi connectivity index (χ0n) is 12.7. The van der Waals surface area contributed by atoms with Crippen molar-refractivity contribution < 1.29 is 4.39 Å². The molecule has 1 unspecified atom stereocenters. The number of nitrogens with one attached hydrogen (secondary N) is 1. The van der Waals surface area contributed by atoms with Crippen LogP contribution in [0.15, 0.2) is 12.3 Å². The molecule has 1 aromatic rings. The third kappa shape index (κ3) is 3.67. The molecule has 1 aliphatic heterocycles. The first kappa shape index (κ1) is 15.2. The second-order valence-corrected chi connectivity index (χ2v) is 5.59. The van der Waals surface area contributed by atoms with Gasteiger partial charge < -0.3 is 15.1 Å². The van der Waals surface area contributed by atoms with E-state index in [4.69, 9.17) is 0 Å². The maximum absolute atomic E-state index is 13.4. The van der Waals surface area contributed by atoms with Gasteiger partial charge in [-0.1, -0.05) is 6.92 Å². The van der Waals surface area contributed by atoms with Crippen molar-refractivity contribution in [3.63, 3.8) is 0 Å². The highest BCUT2D eigenvalue weighted by atomic mass is 19.1. The number of pyridine rings is 1. The molecule has 0 aliphatic carbocycles. The monoisotopic (exact) mass is 280 g/mol. The first-order valence-electron chi connectivity index (χ1n) is 7.38. The van der Waals surface area contributed by atoms with Gasteiger partial charge in [-0.2, -0.15) is 0 Å². The van der Waals surface area contributed by atoms with E-state index in [0.717, 1.165) is 31.0 Å². The van der Waals surface area contributed by atoms with Gasteiger partial charge in [0.2, 0.25) is 0 Å². The fourth-order valence-electron chi connectivity index (χ4n) is 2.81. The number of piperidine rings is 1. The minimum absolute atomic E-state index is 0.268. The highest BCUT2D eigenvalue weighted by Gasteiger charge is 2.23. The predicted molar refractivity (Wildman–Crippen MR) is 80.5 cm³/mol. The van der Waals surface area contributed by atoms with E-state index in [2.05, 4.69) is 34.2 Å². The number of hydrogen-bond acceptors (Lipinski definition) is 4. The van der Waals surface area contributed by atoms with Gasteiger partial charge in [0.15, 0.2) is 0 Å². The van der Waals surface area contributed by atoms with E-state index in [1.54, 1.807) is 6.07 Å². The number of halogens is 1. The van der Waals surface area contributed by atoms with Gasteiger partial charge in [0.05, 0.1) is 6.20 Å². The van der Waals surface area contributed by atoms with Crippen LogP contribution in [0.25, 0.3) is 0 Å². The summed E-state index contributed by atoms with van der Waals surface area (Å²) >= 11 is 0. The van der Waals surface area contributed by atoms with E-state index >= 15 is 0 Å². The number of nitrogens with zero attached hydrogens (tertiary/aromatic N) is 3. The fourth-order valence-corrected chi connectivity index (χ4v) is 2.81. The van der Waals surface area contributed by atoms with Crippen molar-refractivity contribution in [3.05, 3.63) is 23.6 Å². The molecule has 0 saturated carbocycles. The summed E-state index contributed by atoms with van der Waals surface area (Å²) in [6, 6.07) is 2.04. The molecular weight excluding hydrogens is 255 g/mol. The maximum Gasteiger partial charge on any atom is 0.141 e. The average molecular weight is 280 g/mol. The predicted octanol–water partition coefficient (Wildman–Crippen LogP) is 1.86. The molecule has 2 rings (SSSR count). The van der Waals surface area contributed by atoms with Crippen LogP contribution in [0.2, 0.25) is 0 Å². The van der Waals surface area contributed by atoms with Crippen LogP contribution in [0.3, 0.4) is 0 Å². The Hall–Kier alpha value is -1.20. The van der Waals surface area contributed by atoms with Crippen molar-refractivity contribution >= 4 is 5.82 Å². The fraction of sp³-hybridized carbons (Fsp3) is 0.667. The second-order valence-electron chi connectivity index (χ2n) is 5.59. The summed E-state index contributed by atoms with van der Waals surface area (Å²) in [6.45, 7) is 5.77. The van der Waals surface area contributed by atoms with Crippen LogP contribution in [-0.4, -0.2) is 49.7 Å². The van der Waals surface area contributed by atoms with Crippen molar-refractivity contribution in [1.29, 1.82) is 0 Å². The Morgan fingerprint density at radius 1 is 1.55 bits per heavy atom. The number of likely N-dealkylation sites (tertiary alicyclic amines) is 1. The van der Waals surface area contributed by atoms with Gasteiger partial charge in [0, 0.05) is 31.7 Å². The Kier molecular flexibility index (Phi) is 5.31. The Bertz CT molecular complexity index is 438. The highest BCUT2D eigenvalue weighted by Crippen LogP contribution is 2.23. The van der Waals surface area contributed by atoms with Crippen molar-refractivity contribution in [2.45, 2.75) is 32.4 Å². The molecule has 112 valence electrons. The average Bonchev–Trinajstić information content (AvgIpc) is 2.44. The quantitative estimate of drug-likeness (QED) is 0.892. The minimum atomic E-state index is -0.268. The van der Waals surface area contributed by atoms with Crippen LogP contribution < -0.4 is 10.2 Å². The largest absolute Gasteiger partial charge is 0.355 e. The summed E-state index contributed by atoms with van der Waals surface area (Å²) in [5.74, 6) is 0.628. The highest BCUT2D eigenvalue weighted by molar-refractivity contribution is 5.47. The lowest BCUT2D eigenvalue weighted by Gasteiger charge is -2.37. The van der Waals surface area contributed by atoms with Gasteiger partial charge in [-0.05, 0) is 39.0 Å². The normalized spacial score (nSPS) is 20.1. The third-order valence-corrected chi connectivity index (χ3v) is 3.96. The van der Waals surface area contributed by atoms with E-state index in [9.17, 15) is 4.39 Å². The molecule has 1 aliphatic rings. The molecule has 0 radical (unpaired) electrons. The van der Waals surface area contributed by atoms with Gasteiger partial charge in [0.25, 0.3) is 0 Å². The van der Waals surface area contributed by atoms with Crippen molar-refractivity contribution in [3.8, 4) is 0 Å². The third-order valence-electron chi connectivity index (χ3n) is 3.96. The van der Waals surface area contributed by atoms with Crippen LogP contribution >= 0.6 is 0 Å². The number of aromatic nitrogens is 1. The van der Waals surface area contributed by atoms with E-state index in [1.807, 2.05) is 6.92 Å². The zero-order valence-corrected chi connectivity index (χ0v) is 12.7. The molecule has 1 aromatic heterocycles. The molecule has 4 nitrogen and oxygen atoms in total. The Morgan fingerprint density at radius 3 is 3.05 bits per heavy atom. The molecule has 2 heterocycles. The summed E-state index contributed by atoms with van der Waals surface area (Å²) in [4.78, 5) is 8.88. The van der Waals surface area contributed by atoms with Crippen molar-refractivity contribution in [2.24, 2.45) is 0 Å². The molecule has 5 heteroatoms. The molecule has 0 spiro atoms. The topological polar surface area (TPSA) is 31.4 Å². The number of anilines is 1. The number of hydrogen-bond donors (Lipinski definition) is 1. The molecule has 1 N–H and O–H groups in total. The Balaban J connectivity index is 2.17. The molecular formula is C15H25FN4. The van der Waals surface area contributed by atoms with Gasteiger partial charge in [-0.25, -0.2) is 9.37 Å². The summed E-state index contributed by atoms with van der Waals surface area (Å²) in [5, 5.41) is 3.25. The smallest absolute Gasteiger partial charge is 0.141 e. The Morgan fingerprint density at radius 2 is 2.35 bits per heavy atom. The second kappa shape index (κ2) is 6.99. The van der Waals surface area contributed by atoms with E-state index in [0.29, 0.717) is 12.6 Å². The van der Waals surface area contributed by atoms with Crippen molar-refractivity contribution in [2.75, 3.05) is 38.6 Å². The molecule has 1 saturated heterocycles. The summed E-state index contributed by atoms with van der Waals surface area (Å²) in [6.07, 6.45) is 3.68. The molecule has 1 atom stereocenters. The number of likely N-dealkylation sites (N-methyl/N-ethyl adjacent to an activating group) is 2. The van der Waals surface area contributed by atoms with Crippen molar-refractivity contribution in [1.82, 2.24) is 15.2 Å². The molecule has 0 bridgehead atoms. The van der Waals surface area contributed by atoms with Crippen LogP contribution in [0.1, 0.15) is 25.3 Å². The lowest BCUT2D eigenvalue weighted by molar-refractivity contribution is 0.247. The first-order chi connectivity index (χ1) is 9.61. The lowest BCUT2D eigenvalue weighted by Crippen LogP contribution is -2.45. The summed E-state index contributed by atoms with van der Waals surface area (Å²) in [7, 11) is 4.22. The van der Waals surface area contributed by atoms with Gasteiger partial charge in [-0.15, -0.1) is 0 Å². The summed E-state index contributed by atoms with van der Waals surface area (Å²) in [5.41, 5.74) is 0.933. The van der Waals surface area contributed by atoms with E-state index in [-0.39, 0.29) is 5.82 Å². The van der Waals surface area contributed by atoms with E-state index in [1.165, 1.54) is 19.0 Å². The van der Waals surface area contributed by atoms with Crippen LogP contribution in [0.5, 0.6) is 0 Å². The van der Waals surface area contributed by atoms with E-state index < -0.39 is 0 Å². The zero-order chi connectivity index (χ0) is 14.5. The van der Waals surface area contributed by atoms with Gasteiger partial charge >= 0.3 is 0 Å². The minimum Gasteiger partial charge on any atom is -0.355 e.